The van der Waals surface area contributed by atoms with Crippen LogP contribution < -0.4 is 11.1 Å². The van der Waals surface area contributed by atoms with Crippen LogP contribution in [-0.2, 0) is 11.3 Å². The van der Waals surface area contributed by atoms with Crippen LogP contribution in [-0.4, -0.2) is 35.5 Å². The van der Waals surface area contributed by atoms with Crippen molar-refractivity contribution >= 4 is 11.8 Å². The molecule has 2 aromatic carbocycles. The van der Waals surface area contributed by atoms with Gasteiger partial charge in [0.25, 0.3) is 5.91 Å². The van der Waals surface area contributed by atoms with Crippen molar-refractivity contribution in [2.45, 2.75) is 45.1 Å². The predicted octanol–water partition coefficient (Wildman–Crippen LogP) is 4.08. The van der Waals surface area contributed by atoms with Gasteiger partial charge in [-0.3, -0.25) is 14.5 Å². The molecule has 0 radical (unpaired) electrons. The number of hydrogen-bond donors (Lipinski definition) is 2. The highest BCUT2D eigenvalue weighted by Crippen LogP contribution is 2.39. The second kappa shape index (κ2) is 11.6. The highest BCUT2D eigenvalue weighted by molar-refractivity contribution is 5.94. The zero-order chi connectivity index (χ0) is 25.5. The normalized spacial score (nSPS) is 13.4. The van der Waals surface area contributed by atoms with Gasteiger partial charge in [-0.2, -0.15) is 18.4 Å². The van der Waals surface area contributed by atoms with Gasteiger partial charge in [-0.25, -0.2) is 4.39 Å². The first kappa shape index (κ1) is 26.8. The van der Waals surface area contributed by atoms with Gasteiger partial charge in [0.1, 0.15) is 11.9 Å². The maximum absolute atomic E-state index is 14.1. The lowest BCUT2D eigenvalue weighted by Gasteiger charge is -2.37. The van der Waals surface area contributed by atoms with E-state index in [4.69, 9.17) is 11.0 Å². The Balaban J connectivity index is 2.26. The number of carbonyl (C=O) groups is 2. The van der Waals surface area contributed by atoms with E-state index in [-0.39, 0.29) is 30.0 Å². The van der Waals surface area contributed by atoms with E-state index in [0.717, 1.165) is 17.0 Å². The molecule has 182 valence electrons. The summed E-state index contributed by atoms with van der Waals surface area (Å²) in [6.07, 6.45) is -4.71. The highest BCUT2D eigenvalue weighted by Gasteiger charge is 2.47. The van der Waals surface area contributed by atoms with E-state index in [1.165, 1.54) is 36.4 Å². The number of alkyl halides is 3. The van der Waals surface area contributed by atoms with Crippen LogP contribution >= 0.6 is 0 Å². The highest BCUT2D eigenvalue weighted by atomic mass is 19.4. The Bertz CT molecular complexity index is 1020. The fourth-order valence-electron chi connectivity index (χ4n) is 3.60. The van der Waals surface area contributed by atoms with Gasteiger partial charge < -0.3 is 11.1 Å². The van der Waals surface area contributed by atoms with Crippen molar-refractivity contribution in [1.29, 1.82) is 5.26 Å². The molecule has 2 aromatic rings. The van der Waals surface area contributed by atoms with Crippen LogP contribution in [0, 0.1) is 23.1 Å². The molecule has 34 heavy (non-hydrogen) atoms. The fourth-order valence-corrected chi connectivity index (χ4v) is 3.60. The molecular formula is C24H26F4N4O2. The van der Waals surface area contributed by atoms with E-state index in [0.29, 0.717) is 5.56 Å². The summed E-state index contributed by atoms with van der Waals surface area (Å²) in [4.78, 5) is 24.9. The van der Waals surface area contributed by atoms with Crippen LogP contribution in [0.1, 0.15) is 47.8 Å². The smallest absolute Gasteiger partial charge is 0.368 e. The van der Waals surface area contributed by atoms with Crippen molar-refractivity contribution in [2.24, 2.45) is 11.7 Å². The maximum Gasteiger partial charge on any atom is 0.408 e. The molecule has 3 N–H and O–H groups in total. The van der Waals surface area contributed by atoms with Crippen molar-refractivity contribution in [3.05, 3.63) is 71.0 Å². The summed E-state index contributed by atoms with van der Waals surface area (Å²) < 4.78 is 55.4. The number of nitrogens with one attached hydrogen (secondary N) is 1. The summed E-state index contributed by atoms with van der Waals surface area (Å²) in [6.45, 7) is 2.89. The number of halogens is 4. The molecule has 0 aliphatic carbocycles. The number of nitrogens with two attached hydrogens (primary N) is 1. The van der Waals surface area contributed by atoms with E-state index in [2.05, 4.69) is 5.32 Å². The molecule has 0 aromatic heterocycles. The summed E-state index contributed by atoms with van der Waals surface area (Å²) in [5.41, 5.74) is 6.01. The van der Waals surface area contributed by atoms with Gasteiger partial charge in [-0.15, -0.1) is 0 Å². The molecule has 2 amide bonds. The average Bonchev–Trinajstić information content (AvgIpc) is 2.75. The zero-order valence-electron chi connectivity index (χ0n) is 18.8. The van der Waals surface area contributed by atoms with E-state index < -0.39 is 42.4 Å². The largest absolute Gasteiger partial charge is 0.408 e. The number of rotatable bonds is 10. The van der Waals surface area contributed by atoms with Crippen molar-refractivity contribution in [3.63, 3.8) is 0 Å². The van der Waals surface area contributed by atoms with E-state index in [9.17, 15) is 27.2 Å². The van der Waals surface area contributed by atoms with Gasteiger partial charge in [0, 0.05) is 12.1 Å². The monoisotopic (exact) mass is 478 g/mol. The third-order valence-electron chi connectivity index (χ3n) is 5.17. The molecule has 0 spiro atoms. The maximum atomic E-state index is 14.1. The Morgan fingerprint density at radius 3 is 2.15 bits per heavy atom. The van der Waals surface area contributed by atoms with Crippen LogP contribution in [0.25, 0.3) is 0 Å². The third kappa shape index (κ3) is 7.28. The van der Waals surface area contributed by atoms with Crippen LogP contribution in [0.2, 0.25) is 0 Å². The van der Waals surface area contributed by atoms with Gasteiger partial charge in [0.2, 0.25) is 5.91 Å². The summed E-state index contributed by atoms with van der Waals surface area (Å²) in [7, 11) is 0. The molecule has 6 nitrogen and oxygen atoms in total. The van der Waals surface area contributed by atoms with Gasteiger partial charge in [0.15, 0.2) is 0 Å². The molecule has 2 rings (SSSR count). The van der Waals surface area contributed by atoms with Crippen molar-refractivity contribution < 1.29 is 27.2 Å². The molecule has 0 heterocycles. The SMILES string of the molecule is CC(C)C[C@@H](C(N)=O)N(CC#N)[C@@H](c1ccc(CNC(=O)c2ccc(F)cc2)cc1)C(F)(F)F. The van der Waals surface area contributed by atoms with Crippen molar-refractivity contribution in [2.75, 3.05) is 6.54 Å². The molecular weight excluding hydrogens is 452 g/mol. The second-order valence-electron chi connectivity index (χ2n) is 8.25. The Kier molecular flexibility index (Phi) is 9.15. The van der Waals surface area contributed by atoms with Gasteiger partial charge in [0.05, 0.1) is 18.7 Å². The number of hydrogen-bond acceptors (Lipinski definition) is 4. The average molecular weight is 478 g/mol. The van der Waals surface area contributed by atoms with Crippen LogP contribution in [0.15, 0.2) is 48.5 Å². The van der Waals surface area contributed by atoms with Crippen LogP contribution in [0.5, 0.6) is 0 Å². The second-order valence-corrected chi connectivity index (χ2v) is 8.25. The Morgan fingerprint density at radius 2 is 1.68 bits per heavy atom. The molecule has 0 bridgehead atoms. The Labute approximate surface area is 195 Å². The summed E-state index contributed by atoms with van der Waals surface area (Å²) in [6, 6.07) is 8.48. The molecule has 10 heteroatoms. The summed E-state index contributed by atoms with van der Waals surface area (Å²) in [5, 5.41) is 11.8. The third-order valence-corrected chi connectivity index (χ3v) is 5.17. The van der Waals surface area contributed by atoms with Gasteiger partial charge in [-0.05, 0) is 47.7 Å². The van der Waals surface area contributed by atoms with E-state index in [1.807, 2.05) is 0 Å². The van der Waals surface area contributed by atoms with E-state index >= 15 is 0 Å². The molecule has 0 fully saturated rings. The number of carbonyl (C=O) groups excluding carboxylic acids is 2. The lowest BCUT2D eigenvalue weighted by molar-refractivity contribution is -0.192. The molecule has 0 unspecified atom stereocenters. The number of nitrogens with zero attached hydrogens (tertiary/aromatic N) is 2. The topological polar surface area (TPSA) is 99.2 Å². The summed E-state index contributed by atoms with van der Waals surface area (Å²) >= 11 is 0. The first-order valence-corrected chi connectivity index (χ1v) is 10.5. The molecule has 0 saturated heterocycles. The lowest BCUT2D eigenvalue weighted by atomic mass is 9.96. The van der Waals surface area contributed by atoms with Crippen LogP contribution in [0.4, 0.5) is 17.6 Å². The predicted molar refractivity (Wildman–Crippen MR) is 118 cm³/mol. The zero-order valence-corrected chi connectivity index (χ0v) is 18.8. The minimum atomic E-state index is -4.78. The first-order valence-electron chi connectivity index (χ1n) is 10.5. The lowest BCUT2D eigenvalue weighted by Crippen LogP contribution is -2.51. The van der Waals surface area contributed by atoms with Gasteiger partial charge in [-0.1, -0.05) is 38.1 Å². The summed E-state index contributed by atoms with van der Waals surface area (Å²) in [5.74, 6) is -2.00. The standard InChI is InChI=1S/C24H26F4N4O2/c1-15(2)13-20(22(30)33)32(12-11-29)21(24(26,27)28)17-5-3-16(4-6-17)14-31-23(34)18-7-9-19(25)10-8-18/h3-10,15,20-21H,12-14H2,1-2H3,(H2,30,33)(H,31,34)/t20-,21-/m0/s1. The van der Waals surface area contributed by atoms with Crippen molar-refractivity contribution in [1.82, 2.24) is 10.2 Å². The number of nitriles is 1. The molecule has 0 aliphatic heterocycles. The first-order chi connectivity index (χ1) is 15.9. The fraction of sp³-hybridized carbons (Fsp3) is 0.375. The molecule has 0 saturated carbocycles. The minimum absolute atomic E-state index is 0.0341. The molecule has 2 atom stereocenters. The minimum Gasteiger partial charge on any atom is -0.368 e. The quantitative estimate of drug-likeness (QED) is 0.397. The van der Waals surface area contributed by atoms with Crippen LogP contribution in [0.3, 0.4) is 0 Å². The van der Waals surface area contributed by atoms with Crippen molar-refractivity contribution in [3.8, 4) is 6.07 Å². The van der Waals surface area contributed by atoms with E-state index in [1.54, 1.807) is 19.9 Å². The van der Waals surface area contributed by atoms with Gasteiger partial charge >= 0.3 is 6.18 Å². The number of benzene rings is 2. The number of primary amides is 1. The Morgan fingerprint density at radius 1 is 1.09 bits per heavy atom. The molecule has 0 aliphatic rings. The number of amides is 2. The Hall–Kier alpha value is -3.45.